The van der Waals surface area contributed by atoms with Gasteiger partial charge in [0.2, 0.25) is 0 Å². The summed E-state index contributed by atoms with van der Waals surface area (Å²) in [5, 5.41) is 0. The molecule has 0 nitrogen and oxygen atoms in total. The maximum Gasteiger partial charge on any atom is 0.00613 e. The monoisotopic (exact) mass is 364 g/mol. The summed E-state index contributed by atoms with van der Waals surface area (Å²) in [5.41, 5.74) is 8.99. The minimum Gasteiger partial charge on any atom is -0.0625 e. The summed E-state index contributed by atoms with van der Waals surface area (Å²) in [6.07, 6.45) is 2.30. The molecule has 0 N–H and O–H groups in total. The van der Waals surface area contributed by atoms with Crippen molar-refractivity contribution in [2.45, 2.75) is 81.1 Å². The fourth-order valence-electron chi connectivity index (χ4n) is 3.79. The van der Waals surface area contributed by atoms with Crippen molar-refractivity contribution in [1.29, 1.82) is 0 Å². The zero-order valence-corrected chi connectivity index (χ0v) is 19.1. The van der Waals surface area contributed by atoms with E-state index >= 15 is 0 Å². The standard InChI is InChI=1S/C27H40/c1-18(2)12-25-16-24(11-10-21(25)6)22(7)26-14-20(5)13-23(15-26)17-27(8,9)19(3)4/h10-11,13-16,18-19,22H,12,17H2,1-9H3. The molecule has 0 heterocycles. The quantitative estimate of drug-likeness (QED) is 0.468. The molecule has 1 unspecified atom stereocenters. The van der Waals surface area contributed by atoms with E-state index in [4.69, 9.17) is 0 Å². The first-order chi connectivity index (χ1) is 12.5. The second-order valence-corrected chi connectivity index (χ2v) is 10.1. The lowest BCUT2D eigenvalue weighted by molar-refractivity contribution is 0.248. The molecular weight excluding hydrogens is 324 g/mol. The van der Waals surface area contributed by atoms with Gasteiger partial charge in [-0.25, -0.2) is 0 Å². The molecule has 0 spiro atoms. The molecule has 0 aromatic heterocycles. The lowest BCUT2D eigenvalue weighted by Gasteiger charge is -2.30. The van der Waals surface area contributed by atoms with E-state index in [1.807, 2.05) is 0 Å². The summed E-state index contributed by atoms with van der Waals surface area (Å²) < 4.78 is 0. The van der Waals surface area contributed by atoms with E-state index in [2.05, 4.69) is 98.7 Å². The van der Waals surface area contributed by atoms with Gasteiger partial charge in [-0.3, -0.25) is 0 Å². The van der Waals surface area contributed by atoms with Crippen molar-refractivity contribution in [3.05, 3.63) is 69.8 Å². The molecule has 27 heavy (non-hydrogen) atoms. The average Bonchev–Trinajstić information content (AvgIpc) is 2.54. The zero-order chi connectivity index (χ0) is 20.4. The number of hydrogen-bond donors (Lipinski definition) is 0. The first-order valence-corrected chi connectivity index (χ1v) is 10.7. The summed E-state index contributed by atoms with van der Waals surface area (Å²) in [6, 6.07) is 14.3. The molecule has 0 amide bonds. The maximum atomic E-state index is 2.45. The molecule has 0 heteroatoms. The van der Waals surface area contributed by atoms with Crippen LogP contribution >= 0.6 is 0 Å². The first-order valence-electron chi connectivity index (χ1n) is 10.7. The molecule has 148 valence electrons. The van der Waals surface area contributed by atoms with Gasteiger partial charge in [0.25, 0.3) is 0 Å². The summed E-state index contributed by atoms with van der Waals surface area (Å²) in [5.74, 6) is 1.80. The molecule has 0 fully saturated rings. The van der Waals surface area contributed by atoms with Gasteiger partial charge in [0, 0.05) is 5.92 Å². The fourth-order valence-corrected chi connectivity index (χ4v) is 3.79. The molecular formula is C27H40. The Morgan fingerprint density at radius 1 is 0.815 bits per heavy atom. The van der Waals surface area contributed by atoms with Gasteiger partial charge >= 0.3 is 0 Å². The Labute approximate surface area is 168 Å². The molecule has 0 radical (unpaired) electrons. The van der Waals surface area contributed by atoms with Gasteiger partial charge in [0.1, 0.15) is 0 Å². The average molecular weight is 365 g/mol. The van der Waals surface area contributed by atoms with Crippen LogP contribution in [0.4, 0.5) is 0 Å². The third kappa shape index (κ3) is 5.71. The lowest BCUT2D eigenvalue weighted by Crippen LogP contribution is -2.22. The number of hydrogen-bond acceptors (Lipinski definition) is 0. The van der Waals surface area contributed by atoms with Gasteiger partial charge in [-0.1, -0.05) is 90.4 Å². The summed E-state index contributed by atoms with van der Waals surface area (Å²) in [4.78, 5) is 0. The highest BCUT2D eigenvalue weighted by Crippen LogP contribution is 2.33. The van der Waals surface area contributed by atoms with Crippen molar-refractivity contribution >= 4 is 0 Å². The Hall–Kier alpha value is -1.56. The second-order valence-electron chi connectivity index (χ2n) is 10.1. The SMILES string of the molecule is Cc1cc(CC(C)(C)C(C)C)cc(C(C)c2ccc(C)c(CC(C)C)c2)c1. The molecule has 2 rings (SSSR count). The summed E-state index contributed by atoms with van der Waals surface area (Å²) in [7, 11) is 0. The van der Waals surface area contributed by atoms with Gasteiger partial charge in [-0.15, -0.1) is 0 Å². The van der Waals surface area contributed by atoms with Crippen molar-refractivity contribution in [3.8, 4) is 0 Å². The number of benzene rings is 2. The van der Waals surface area contributed by atoms with Gasteiger partial charge in [-0.2, -0.15) is 0 Å². The third-order valence-corrected chi connectivity index (χ3v) is 6.38. The first kappa shape index (κ1) is 21.7. The Morgan fingerprint density at radius 2 is 1.48 bits per heavy atom. The summed E-state index contributed by atoms with van der Waals surface area (Å²) in [6.45, 7) is 20.9. The highest BCUT2D eigenvalue weighted by molar-refractivity contribution is 5.40. The van der Waals surface area contributed by atoms with Crippen LogP contribution in [0, 0.1) is 31.1 Å². The lowest BCUT2D eigenvalue weighted by atomic mass is 9.75. The molecule has 2 aromatic rings. The van der Waals surface area contributed by atoms with Gasteiger partial charge in [0.15, 0.2) is 0 Å². The van der Waals surface area contributed by atoms with Gasteiger partial charge in [-0.05, 0) is 71.8 Å². The van der Waals surface area contributed by atoms with E-state index < -0.39 is 0 Å². The highest BCUT2D eigenvalue weighted by atomic mass is 14.3. The highest BCUT2D eigenvalue weighted by Gasteiger charge is 2.23. The molecule has 0 bridgehead atoms. The molecule has 2 aromatic carbocycles. The Balaban J connectivity index is 2.35. The van der Waals surface area contributed by atoms with Crippen LogP contribution in [0.25, 0.3) is 0 Å². The largest absolute Gasteiger partial charge is 0.0625 e. The molecule has 0 aliphatic heterocycles. The predicted octanol–water partition coefficient (Wildman–Crippen LogP) is 7.88. The van der Waals surface area contributed by atoms with E-state index in [-0.39, 0.29) is 0 Å². The van der Waals surface area contributed by atoms with Crippen LogP contribution in [0.5, 0.6) is 0 Å². The van der Waals surface area contributed by atoms with Crippen LogP contribution in [0.15, 0.2) is 36.4 Å². The van der Waals surface area contributed by atoms with Gasteiger partial charge < -0.3 is 0 Å². The van der Waals surface area contributed by atoms with Crippen LogP contribution in [0.1, 0.15) is 87.8 Å². The van der Waals surface area contributed by atoms with Crippen LogP contribution in [0.2, 0.25) is 0 Å². The fraction of sp³-hybridized carbons (Fsp3) is 0.556. The molecule has 0 aliphatic carbocycles. The topological polar surface area (TPSA) is 0 Å². The summed E-state index contributed by atoms with van der Waals surface area (Å²) >= 11 is 0. The Morgan fingerprint density at radius 3 is 2.07 bits per heavy atom. The van der Waals surface area contributed by atoms with E-state index in [0.29, 0.717) is 23.2 Å². The van der Waals surface area contributed by atoms with E-state index in [9.17, 15) is 0 Å². The number of aryl methyl sites for hydroxylation is 2. The molecule has 1 atom stereocenters. The normalized spacial score (nSPS) is 13.4. The smallest absolute Gasteiger partial charge is 0.00613 e. The zero-order valence-electron chi connectivity index (χ0n) is 19.1. The van der Waals surface area contributed by atoms with E-state index in [0.717, 1.165) is 12.8 Å². The van der Waals surface area contributed by atoms with Crippen molar-refractivity contribution in [2.75, 3.05) is 0 Å². The van der Waals surface area contributed by atoms with Crippen LogP contribution in [0.3, 0.4) is 0 Å². The Kier molecular flexibility index (Phi) is 6.95. The van der Waals surface area contributed by atoms with Crippen molar-refractivity contribution in [1.82, 2.24) is 0 Å². The second kappa shape index (κ2) is 8.63. The minimum absolute atomic E-state index is 0.322. The Bertz CT molecular complexity index is 762. The van der Waals surface area contributed by atoms with Gasteiger partial charge in [0.05, 0.1) is 0 Å². The third-order valence-electron chi connectivity index (χ3n) is 6.38. The van der Waals surface area contributed by atoms with Crippen molar-refractivity contribution in [3.63, 3.8) is 0 Å². The molecule has 0 saturated heterocycles. The van der Waals surface area contributed by atoms with E-state index in [1.54, 1.807) is 0 Å². The van der Waals surface area contributed by atoms with Crippen LogP contribution in [-0.4, -0.2) is 0 Å². The van der Waals surface area contributed by atoms with Crippen molar-refractivity contribution in [2.24, 2.45) is 17.3 Å². The number of rotatable bonds is 7. The van der Waals surface area contributed by atoms with Crippen molar-refractivity contribution < 1.29 is 0 Å². The van der Waals surface area contributed by atoms with E-state index in [1.165, 1.54) is 33.4 Å². The van der Waals surface area contributed by atoms with Crippen LogP contribution < -0.4 is 0 Å². The minimum atomic E-state index is 0.322. The van der Waals surface area contributed by atoms with Crippen LogP contribution in [-0.2, 0) is 12.8 Å². The molecule has 0 saturated carbocycles. The molecule has 0 aliphatic rings. The maximum absolute atomic E-state index is 2.45. The predicted molar refractivity (Wildman–Crippen MR) is 121 cm³/mol.